The summed E-state index contributed by atoms with van der Waals surface area (Å²) in [5.41, 5.74) is 0. The average Bonchev–Trinajstić information content (AvgIpc) is 3.42. The number of ether oxygens (including phenoxy) is 3. The second-order valence-corrected chi connectivity index (χ2v) is 21.6. The number of unbranched alkanes of at least 4 members (excludes halogenated alkanes) is 34. The highest BCUT2D eigenvalue weighted by atomic mass is 16.6. The summed E-state index contributed by atoms with van der Waals surface area (Å²) in [5, 5.41) is 0. The van der Waals surface area contributed by atoms with Gasteiger partial charge in [-0.15, -0.1) is 0 Å². The Hall–Kier alpha value is -3.41. The first-order valence-corrected chi connectivity index (χ1v) is 32.6. The Morgan fingerprint density at radius 2 is 0.513 bits per heavy atom. The van der Waals surface area contributed by atoms with Gasteiger partial charge in [0, 0.05) is 19.3 Å². The van der Waals surface area contributed by atoms with E-state index in [1.54, 1.807) is 0 Å². The van der Waals surface area contributed by atoms with Crippen molar-refractivity contribution in [2.24, 2.45) is 0 Å². The van der Waals surface area contributed by atoms with Gasteiger partial charge in [0.25, 0.3) is 0 Å². The number of hydrogen-bond donors (Lipinski definition) is 0. The van der Waals surface area contributed by atoms with Gasteiger partial charge in [0.15, 0.2) is 6.10 Å². The summed E-state index contributed by atoms with van der Waals surface area (Å²) in [6.07, 6.45) is 84.5. The van der Waals surface area contributed by atoms with Crippen molar-refractivity contribution in [3.63, 3.8) is 0 Å². The lowest BCUT2D eigenvalue weighted by molar-refractivity contribution is -0.167. The van der Waals surface area contributed by atoms with Crippen molar-refractivity contribution in [2.45, 2.75) is 329 Å². The van der Waals surface area contributed by atoms with Gasteiger partial charge in [-0.05, 0) is 96.3 Å². The summed E-state index contributed by atoms with van der Waals surface area (Å²) in [5.74, 6) is -0.877. The third-order valence-corrected chi connectivity index (χ3v) is 14.1. The SMILES string of the molecule is CC/C=C\C/C=C\C/C=C\C/C=C\CCCCCCCCCCC(=O)OC(COC(=O)CCCCCCCCCCCC)COC(=O)CCCCCCCCCCCCCC/C=C\C/C=C\C/C=C\CCCCCCC. The summed E-state index contributed by atoms with van der Waals surface area (Å²) < 4.78 is 16.9. The zero-order valence-corrected chi connectivity index (χ0v) is 50.3. The number of esters is 3. The molecule has 0 spiro atoms. The minimum Gasteiger partial charge on any atom is -0.462 e. The first-order valence-electron chi connectivity index (χ1n) is 32.6. The largest absolute Gasteiger partial charge is 0.462 e. The van der Waals surface area contributed by atoms with E-state index in [0.29, 0.717) is 19.3 Å². The molecule has 0 bridgehead atoms. The fourth-order valence-electron chi connectivity index (χ4n) is 9.27. The molecule has 0 aliphatic heterocycles. The Balaban J connectivity index is 4.23. The fraction of sp³-hybridized carbons (Fsp3) is 0.757. The number of hydrogen-bond acceptors (Lipinski definition) is 6. The molecule has 1 atom stereocenters. The molecule has 0 fully saturated rings. The van der Waals surface area contributed by atoms with Crippen molar-refractivity contribution in [2.75, 3.05) is 13.2 Å². The fourth-order valence-corrected chi connectivity index (χ4v) is 9.27. The van der Waals surface area contributed by atoms with Crippen LogP contribution in [-0.4, -0.2) is 37.2 Å². The van der Waals surface area contributed by atoms with Crippen molar-refractivity contribution in [1.82, 2.24) is 0 Å². The van der Waals surface area contributed by atoms with Gasteiger partial charge < -0.3 is 14.2 Å². The van der Waals surface area contributed by atoms with Crippen LogP contribution in [0.4, 0.5) is 0 Å². The van der Waals surface area contributed by atoms with Crippen LogP contribution in [0.1, 0.15) is 323 Å². The molecule has 6 heteroatoms. The monoisotopic (exact) mass is 1060 g/mol. The first kappa shape index (κ1) is 72.6. The van der Waals surface area contributed by atoms with Gasteiger partial charge in [0.05, 0.1) is 0 Å². The van der Waals surface area contributed by atoms with Crippen LogP contribution in [0.15, 0.2) is 85.1 Å². The van der Waals surface area contributed by atoms with Crippen LogP contribution in [0.5, 0.6) is 0 Å². The Morgan fingerprint density at radius 1 is 0.276 bits per heavy atom. The van der Waals surface area contributed by atoms with Crippen molar-refractivity contribution in [3.05, 3.63) is 85.1 Å². The lowest BCUT2D eigenvalue weighted by atomic mass is 10.0. The standard InChI is InChI=1S/C70H122O6/c1-4-7-10-13-16-19-22-24-26-28-30-32-33-34-35-36-37-39-40-42-44-46-48-51-54-57-60-63-69(72)75-66-67(65-74-68(71)62-59-56-53-50-21-18-15-12-9-6-3)76-70(73)64-61-58-55-52-49-47-45-43-41-38-31-29-27-25-23-20-17-14-11-8-5-2/h8,11,17,20,22,24-25,27-28,30-31,33-34,38,67H,4-7,9-10,12-16,18-19,21,23,26,29,32,35-37,39-66H2,1-3H3/b11-8-,20-17-,24-22-,27-25-,30-28-,34-33-,38-31-. The average molecular weight is 1060 g/mol. The van der Waals surface area contributed by atoms with E-state index in [9.17, 15) is 14.4 Å². The van der Waals surface area contributed by atoms with Crippen LogP contribution in [0.3, 0.4) is 0 Å². The Labute approximate surface area is 471 Å². The van der Waals surface area contributed by atoms with Crippen molar-refractivity contribution in [1.29, 1.82) is 0 Å². The molecule has 0 rings (SSSR count). The molecule has 0 radical (unpaired) electrons. The second-order valence-electron chi connectivity index (χ2n) is 21.6. The van der Waals surface area contributed by atoms with Crippen LogP contribution in [0.2, 0.25) is 0 Å². The number of carbonyl (C=O) groups is 3. The van der Waals surface area contributed by atoms with Crippen LogP contribution in [-0.2, 0) is 28.6 Å². The molecule has 1 unspecified atom stereocenters. The normalized spacial score (nSPS) is 12.6. The quantitative estimate of drug-likeness (QED) is 0.0261. The maximum atomic E-state index is 12.9. The zero-order valence-electron chi connectivity index (χ0n) is 50.3. The Bertz CT molecular complexity index is 1450. The molecule has 0 amide bonds. The zero-order chi connectivity index (χ0) is 55.0. The van der Waals surface area contributed by atoms with E-state index in [1.807, 2.05) is 0 Å². The highest BCUT2D eigenvalue weighted by Gasteiger charge is 2.19. The molecule has 0 saturated carbocycles. The molecule has 0 saturated heterocycles. The number of carbonyl (C=O) groups excluding carboxylic acids is 3. The summed E-state index contributed by atoms with van der Waals surface area (Å²) >= 11 is 0. The highest BCUT2D eigenvalue weighted by molar-refractivity contribution is 5.71. The minimum absolute atomic E-state index is 0.0776. The summed E-state index contributed by atoms with van der Waals surface area (Å²) in [4.78, 5) is 38.2. The molecule has 0 heterocycles. The highest BCUT2D eigenvalue weighted by Crippen LogP contribution is 2.16. The van der Waals surface area contributed by atoms with E-state index < -0.39 is 6.10 Å². The van der Waals surface area contributed by atoms with E-state index in [1.165, 1.54) is 180 Å². The predicted molar refractivity (Wildman–Crippen MR) is 330 cm³/mol. The summed E-state index contributed by atoms with van der Waals surface area (Å²) in [6.45, 7) is 6.53. The van der Waals surface area contributed by atoms with Crippen LogP contribution < -0.4 is 0 Å². The summed E-state index contributed by atoms with van der Waals surface area (Å²) in [7, 11) is 0. The maximum Gasteiger partial charge on any atom is 0.306 e. The topological polar surface area (TPSA) is 78.9 Å². The van der Waals surface area contributed by atoms with Crippen molar-refractivity contribution < 1.29 is 28.6 Å². The van der Waals surface area contributed by atoms with E-state index >= 15 is 0 Å². The molecule has 0 aliphatic carbocycles. The Morgan fingerprint density at radius 3 is 0.803 bits per heavy atom. The van der Waals surface area contributed by atoms with E-state index in [-0.39, 0.29) is 31.1 Å². The van der Waals surface area contributed by atoms with Gasteiger partial charge in [0.1, 0.15) is 13.2 Å². The van der Waals surface area contributed by atoms with Gasteiger partial charge in [-0.1, -0.05) is 292 Å². The van der Waals surface area contributed by atoms with Crippen LogP contribution in [0, 0.1) is 0 Å². The van der Waals surface area contributed by atoms with Crippen molar-refractivity contribution >= 4 is 17.9 Å². The molecule has 0 N–H and O–H groups in total. The summed E-state index contributed by atoms with van der Waals surface area (Å²) in [6, 6.07) is 0. The molecule has 0 aliphatic rings. The molecule has 0 aromatic heterocycles. The Kier molecular flexibility index (Phi) is 61.2. The minimum atomic E-state index is -0.781. The number of rotatable bonds is 59. The van der Waals surface area contributed by atoms with E-state index in [2.05, 4.69) is 106 Å². The first-order chi connectivity index (χ1) is 37.5. The van der Waals surface area contributed by atoms with Crippen LogP contribution in [0.25, 0.3) is 0 Å². The third-order valence-electron chi connectivity index (χ3n) is 14.1. The van der Waals surface area contributed by atoms with Gasteiger partial charge in [0.2, 0.25) is 0 Å². The lowest BCUT2D eigenvalue weighted by Crippen LogP contribution is -2.30. The van der Waals surface area contributed by atoms with Gasteiger partial charge in [-0.2, -0.15) is 0 Å². The third kappa shape index (κ3) is 61.4. The second kappa shape index (κ2) is 64.1. The van der Waals surface area contributed by atoms with Gasteiger partial charge in [-0.3, -0.25) is 14.4 Å². The predicted octanol–water partition coefficient (Wildman–Crippen LogP) is 22.3. The molecule has 76 heavy (non-hydrogen) atoms. The molecular weight excluding hydrogens is 937 g/mol. The van der Waals surface area contributed by atoms with Gasteiger partial charge in [-0.25, -0.2) is 0 Å². The van der Waals surface area contributed by atoms with Crippen molar-refractivity contribution in [3.8, 4) is 0 Å². The molecule has 0 aromatic carbocycles. The maximum absolute atomic E-state index is 12.9. The van der Waals surface area contributed by atoms with E-state index in [0.717, 1.165) is 103 Å². The van der Waals surface area contributed by atoms with E-state index in [4.69, 9.17) is 14.2 Å². The van der Waals surface area contributed by atoms with Crippen LogP contribution >= 0.6 is 0 Å². The van der Waals surface area contributed by atoms with Gasteiger partial charge >= 0.3 is 17.9 Å². The smallest absolute Gasteiger partial charge is 0.306 e. The molecule has 438 valence electrons. The molecular formula is C70H122O6. The lowest BCUT2D eigenvalue weighted by Gasteiger charge is -2.18. The molecule has 6 nitrogen and oxygen atoms in total. The number of allylic oxidation sites excluding steroid dienone is 14. The molecule has 0 aromatic rings.